The van der Waals surface area contributed by atoms with E-state index in [1.54, 1.807) is 18.2 Å². The third-order valence-electron chi connectivity index (χ3n) is 6.58. The Morgan fingerprint density at radius 2 is 1.71 bits per heavy atom. The number of H-pyrrole nitrogens is 1. The van der Waals surface area contributed by atoms with Gasteiger partial charge in [-0.05, 0) is 58.0 Å². The summed E-state index contributed by atoms with van der Waals surface area (Å²) >= 11 is 0. The molecule has 0 spiro atoms. The number of nitrogens with zero attached hydrogens (tertiary/aromatic N) is 1. The lowest BCUT2D eigenvalue weighted by Crippen LogP contribution is -2.52. The molecule has 0 saturated carbocycles. The summed E-state index contributed by atoms with van der Waals surface area (Å²) in [6, 6.07) is 18.9. The fraction of sp³-hybridized carbons (Fsp3) is 0.115. The van der Waals surface area contributed by atoms with Crippen molar-refractivity contribution in [2.24, 2.45) is 0 Å². The molecule has 1 saturated heterocycles. The van der Waals surface area contributed by atoms with Gasteiger partial charge in [-0.1, -0.05) is 36.4 Å². The molecule has 1 atom stereocenters. The number of nitrogens with one attached hydrogen (secondary N) is 3. The molecule has 4 amide bonds. The largest absolute Gasteiger partial charge is 0.361 e. The second-order valence-corrected chi connectivity index (χ2v) is 8.63. The lowest BCUT2D eigenvalue weighted by molar-refractivity contribution is -0.124. The molecule has 0 bridgehead atoms. The van der Waals surface area contributed by atoms with Gasteiger partial charge in [-0.2, -0.15) is 0 Å². The topological polar surface area (TPSA) is 94.3 Å². The molecule has 168 valence electrons. The predicted molar refractivity (Wildman–Crippen MR) is 123 cm³/mol. The molecule has 0 radical (unpaired) electrons. The summed E-state index contributed by atoms with van der Waals surface area (Å²) in [5.74, 6) is -1.41. The van der Waals surface area contributed by atoms with Crippen LogP contribution in [0.15, 0.2) is 72.9 Å². The number of hydrogen-bond donors (Lipinski definition) is 3. The van der Waals surface area contributed by atoms with Gasteiger partial charge in [0.15, 0.2) is 5.54 Å². The molecule has 7 nitrogen and oxygen atoms in total. The maximum Gasteiger partial charge on any atom is 0.322 e. The van der Waals surface area contributed by atoms with Crippen molar-refractivity contribution in [2.75, 3.05) is 6.54 Å². The maximum atomic E-state index is 13.7. The Balaban J connectivity index is 1.34. The second-order valence-electron chi connectivity index (χ2n) is 8.63. The van der Waals surface area contributed by atoms with Crippen LogP contribution in [0.5, 0.6) is 0 Å². The van der Waals surface area contributed by atoms with Gasteiger partial charge >= 0.3 is 6.03 Å². The molecule has 34 heavy (non-hydrogen) atoms. The van der Waals surface area contributed by atoms with Gasteiger partial charge in [0.1, 0.15) is 5.82 Å². The first-order valence-corrected chi connectivity index (χ1v) is 10.8. The van der Waals surface area contributed by atoms with E-state index in [4.69, 9.17) is 0 Å². The molecule has 3 aromatic carbocycles. The number of amides is 4. The van der Waals surface area contributed by atoms with E-state index >= 15 is 0 Å². The normalized spacial score (nSPS) is 19.4. The lowest BCUT2D eigenvalue weighted by Gasteiger charge is -2.31. The SMILES string of the molecule is O=C1NC(=O)C(CN2Cc3ccc(F)cc3C2=O)(c2ccc(-c3ccc4[nH]ccc4c3)cc2)N1. The molecule has 1 unspecified atom stereocenters. The number of carbonyl (C=O) groups is 3. The number of rotatable bonds is 4. The highest BCUT2D eigenvalue weighted by Crippen LogP contribution is 2.33. The van der Waals surface area contributed by atoms with Crippen LogP contribution in [0, 0.1) is 5.82 Å². The van der Waals surface area contributed by atoms with Gasteiger partial charge in [-0.15, -0.1) is 0 Å². The van der Waals surface area contributed by atoms with E-state index < -0.39 is 23.3 Å². The van der Waals surface area contributed by atoms with Crippen LogP contribution in [0.4, 0.5) is 9.18 Å². The van der Waals surface area contributed by atoms with Crippen LogP contribution >= 0.6 is 0 Å². The zero-order valence-corrected chi connectivity index (χ0v) is 17.9. The van der Waals surface area contributed by atoms with E-state index in [-0.39, 0.29) is 24.6 Å². The molecular weight excluding hydrogens is 435 g/mol. The minimum atomic E-state index is -1.45. The number of aromatic amines is 1. The first-order chi connectivity index (χ1) is 16.4. The van der Waals surface area contributed by atoms with Gasteiger partial charge in [-0.3, -0.25) is 14.9 Å². The molecule has 4 aromatic rings. The number of fused-ring (bicyclic) bond motifs is 2. The molecule has 1 aromatic heterocycles. The average Bonchev–Trinajstić information content (AvgIpc) is 3.50. The van der Waals surface area contributed by atoms with E-state index in [2.05, 4.69) is 21.7 Å². The molecule has 2 aliphatic heterocycles. The highest BCUT2D eigenvalue weighted by molar-refractivity contribution is 6.08. The molecule has 0 aliphatic carbocycles. The number of carbonyl (C=O) groups excluding carboxylic acids is 3. The zero-order chi connectivity index (χ0) is 23.4. The van der Waals surface area contributed by atoms with E-state index in [1.807, 2.05) is 36.5 Å². The fourth-order valence-corrected chi connectivity index (χ4v) is 4.82. The van der Waals surface area contributed by atoms with Crippen LogP contribution in [0.1, 0.15) is 21.5 Å². The van der Waals surface area contributed by atoms with E-state index in [9.17, 15) is 18.8 Å². The van der Waals surface area contributed by atoms with Crippen LogP contribution in [0.2, 0.25) is 0 Å². The Labute approximate surface area is 193 Å². The standard InChI is InChI=1S/C26H19FN4O3/c27-20-7-3-18-13-31(23(32)21(18)12-20)14-26(24(33)29-25(34)30-26)19-5-1-15(2-6-19)16-4-8-22-17(11-16)9-10-28-22/h1-12,28H,13-14H2,(H2,29,30,33,34). The Morgan fingerprint density at radius 1 is 0.912 bits per heavy atom. The van der Waals surface area contributed by atoms with Crippen LogP contribution in [-0.2, 0) is 16.9 Å². The lowest BCUT2D eigenvalue weighted by atomic mass is 9.88. The zero-order valence-electron chi connectivity index (χ0n) is 17.9. The predicted octanol–water partition coefficient (Wildman–Crippen LogP) is 3.66. The maximum absolute atomic E-state index is 13.7. The summed E-state index contributed by atoms with van der Waals surface area (Å²) in [4.78, 5) is 42.7. The summed E-state index contributed by atoms with van der Waals surface area (Å²) in [5, 5.41) is 6.11. The first kappa shape index (κ1) is 20.2. The van der Waals surface area contributed by atoms with Crippen molar-refractivity contribution in [1.82, 2.24) is 20.5 Å². The third-order valence-corrected chi connectivity index (χ3v) is 6.58. The summed E-state index contributed by atoms with van der Waals surface area (Å²) in [5.41, 5.74) is 3.07. The first-order valence-electron chi connectivity index (χ1n) is 10.8. The monoisotopic (exact) mass is 454 g/mol. The minimum absolute atomic E-state index is 0.0750. The smallest absolute Gasteiger partial charge is 0.322 e. The van der Waals surface area contributed by atoms with Crippen LogP contribution in [0.25, 0.3) is 22.0 Å². The average molecular weight is 454 g/mol. The van der Waals surface area contributed by atoms with Gasteiger partial charge in [0.2, 0.25) is 0 Å². The quantitative estimate of drug-likeness (QED) is 0.411. The van der Waals surface area contributed by atoms with Crippen molar-refractivity contribution < 1.29 is 18.8 Å². The van der Waals surface area contributed by atoms with E-state index in [0.29, 0.717) is 11.1 Å². The molecule has 6 rings (SSSR count). The Kier molecular flexibility index (Phi) is 4.32. The van der Waals surface area contributed by atoms with Crippen molar-refractivity contribution in [3.8, 4) is 11.1 Å². The third kappa shape index (κ3) is 3.07. The Morgan fingerprint density at radius 3 is 2.47 bits per heavy atom. The van der Waals surface area contributed by atoms with E-state index in [0.717, 1.165) is 22.0 Å². The second kappa shape index (κ2) is 7.28. The van der Waals surface area contributed by atoms with Crippen LogP contribution < -0.4 is 10.6 Å². The van der Waals surface area contributed by atoms with Gasteiger partial charge in [0.25, 0.3) is 11.8 Å². The summed E-state index contributed by atoms with van der Waals surface area (Å²) in [6.45, 7) is 0.155. The number of hydrogen-bond acceptors (Lipinski definition) is 3. The van der Waals surface area contributed by atoms with Gasteiger partial charge in [-0.25, -0.2) is 9.18 Å². The van der Waals surface area contributed by atoms with Crippen LogP contribution in [0.3, 0.4) is 0 Å². The molecular formula is C26H19FN4O3. The van der Waals surface area contributed by atoms with Crippen molar-refractivity contribution >= 4 is 28.7 Å². The molecule has 3 N–H and O–H groups in total. The fourth-order valence-electron chi connectivity index (χ4n) is 4.82. The highest BCUT2D eigenvalue weighted by atomic mass is 19.1. The van der Waals surface area contributed by atoms with Crippen LogP contribution in [-0.4, -0.2) is 34.3 Å². The van der Waals surface area contributed by atoms with Crippen molar-refractivity contribution in [2.45, 2.75) is 12.1 Å². The molecule has 3 heterocycles. The van der Waals surface area contributed by atoms with E-state index in [1.165, 1.54) is 17.0 Å². The van der Waals surface area contributed by atoms with Crippen molar-refractivity contribution in [3.63, 3.8) is 0 Å². The molecule has 2 aliphatic rings. The minimum Gasteiger partial charge on any atom is -0.361 e. The van der Waals surface area contributed by atoms with Crippen molar-refractivity contribution in [3.05, 3.63) is 95.4 Å². The highest BCUT2D eigenvalue weighted by Gasteiger charge is 2.50. The number of imide groups is 1. The van der Waals surface area contributed by atoms with Gasteiger partial charge in [0.05, 0.1) is 6.54 Å². The number of aromatic nitrogens is 1. The number of halogens is 1. The summed E-state index contributed by atoms with van der Waals surface area (Å²) in [6.07, 6.45) is 1.88. The molecule has 1 fully saturated rings. The van der Waals surface area contributed by atoms with Gasteiger partial charge < -0.3 is 15.2 Å². The van der Waals surface area contributed by atoms with Crippen molar-refractivity contribution in [1.29, 1.82) is 0 Å². The molecule has 8 heteroatoms. The summed E-state index contributed by atoms with van der Waals surface area (Å²) in [7, 11) is 0. The van der Waals surface area contributed by atoms with Gasteiger partial charge in [0, 0.05) is 23.8 Å². The summed E-state index contributed by atoms with van der Waals surface area (Å²) < 4.78 is 13.7. The Hall–Kier alpha value is -4.46. The number of benzene rings is 3. The number of urea groups is 1. The Bertz CT molecular complexity index is 1490.